The molecule has 0 atom stereocenters. The first-order chi connectivity index (χ1) is 11.8. The molecule has 1 saturated heterocycles. The van der Waals surface area contributed by atoms with Crippen molar-refractivity contribution in [2.45, 2.75) is 30.6 Å². The van der Waals surface area contributed by atoms with E-state index in [2.05, 4.69) is 0 Å². The Morgan fingerprint density at radius 1 is 1.16 bits per heavy atom. The zero-order valence-electron chi connectivity index (χ0n) is 14.1. The van der Waals surface area contributed by atoms with E-state index in [1.54, 1.807) is 4.90 Å². The Balaban J connectivity index is 2.08. The highest BCUT2D eigenvalue weighted by molar-refractivity contribution is 7.89. The molecular weight excluding hydrogens is 348 g/mol. The Bertz CT molecular complexity index is 739. The molecule has 2 rings (SSSR count). The van der Waals surface area contributed by atoms with E-state index in [4.69, 9.17) is 14.6 Å². The van der Waals surface area contributed by atoms with Crippen LogP contribution in [0.5, 0.6) is 5.75 Å². The highest BCUT2D eigenvalue weighted by Gasteiger charge is 2.21. The van der Waals surface area contributed by atoms with Crippen LogP contribution in [-0.4, -0.2) is 52.0 Å². The summed E-state index contributed by atoms with van der Waals surface area (Å²) in [6.07, 6.45) is 4.04. The monoisotopic (exact) mass is 370 g/mol. The summed E-state index contributed by atoms with van der Waals surface area (Å²) >= 11 is 0. The van der Waals surface area contributed by atoms with Crippen LogP contribution in [0.1, 0.15) is 36.0 Å². The highest BCUT2D eigenvalue weighted by Crippen LogP contribution is 2.23. The Hall–Kier alpha value is -2.13. The molecule has 0 aliphatic carbocycles. The number of hydrogen-bond acceptors (Lipinski definition) is 6. The second kappa shape index (κ2) is 8.30. The number of nitrogens with two attached hydrogens (primary N) is 1. The summed E-state index contributed by atoms with van der Waals surface area (Å²) in [5.74, 6) is -0.970. The number of methoxy groups -OCH3 is 1. The Morgan fingerprint density at radius 3 is 2.36 bits per heavy atom. The number of sulfonamides is 1. The summed E-state index contributed by atoms with van der Waals surface area (Å²) in [5, 5.41) is 5.07. The van der Waals surface area contributed by atoms with Crippen molar-refractivity contribution in [3.05, 3.63) is 23.8 Å². The standard InChI is InChI=1S/C16H22N2O6S/c1-23-14-7-6-12(25(17,21)22)10-13(14)16(20)24-11-15(19)18-8-4-2-3-5-9-18/h6-7,10H,2-5,8-9,11H2,1H3,(H2,17,21,22). The predicted octanol–water partition coefficient (Wildman–Crippen LogP) is 0.902. The van der Waals surface area contributed by atoms with Crippen LogP contribution in [0.3, 0.4) is 0 Å². The molecule has 0 bridgehead atoms. The molecule has 0 aromatic heterocycles. The van der Waals surface area contributed by atoms with E-state index in [1.807, 2.05) is 0 Å². The fraction of sp³-hybridized carbons (Fsp3) is 0.500. The van der Waals surface area contributed by atoms with Crippen molar-refractivity contribution in [3.8, 4) is 5.75 Å². The molecule has 0 spiro atoms. The van der Waals surface area contributed by atoms with Crippen molar-refractivity contribution >= 4 is 21.9 Å². The summed E-state index contributed by atoms with van der Waals surface area (Å²) in [5.41, 5.74) is -0.0994. The van der Waals surface area contributed by atoms with E-state index in [-0.39, 0.29) is 22.1 Å². The van der Waals surface area contributed by atoms with Gasteiger partial charge in [-0.05, 0) is 31.0 Å². The topological polar surface area (TPSA) is 116 Å². The zero-order chi connectivity index (χ0) is 18.4. The van der Waals surface area contributed by atoms with Crippen molar-refractivity contribution in [1.82, 2.24) is 4.90 Å². The minimum atomic E-state index is -3.97. The molecule has 9 heteroatoms. The van der Waals surface area contributed by atoms with Crippen LogP contribution in [0.25, 0.3) is 0 Å². The smallest absolute Gasteiger partial charge is 0.342 e. The molecule has 1 aliphatic rings. The van der Waals surface area contributed by atoms with Crippen molar-refractivity contribution < 1.29 is 27.5 Å². The summed E-state index contributed by atoms with van der Waals surface area (Å²) in [4.78, 5) is 25.9. The minimum Gasteiger partial charge on any atom is -0.496 e. The molecule has 138 valence electrons. The SMILES string of the molecule is COc1ccc(S(N)(=O)=O)cc1C(=O)OCC(=O)N1CCCCCC1. The van der Waals surface area contributed by atoms with Gasteiger partial charge in [-0.15, -0.1) is 0 Å². The fourth-order valence-corrected chi connectivity index (χ4v) is 3.18. The third-order valence-corrected chi connectivity index (χ3v) is 4.92. The highest BCUT2D eigenvalue weighted by atomic mass is 32.2. The molecule has 0 saturated carbocycles. The zero-order valence-corrected chi connectivity index (χ0v) is 14.9. The van der Waals surface area contributed by atoms with Gasteiger partial charge in [0.15, 0.2) is 6.61 Å². The van der Waals surface area contributed by atoms with Crippen molar-refractivity contribution in [2.24, 2.45) is 5.14 Å². The number of esters is 1. The minimum absolute atomic E-state index is 0.0994. The van der Waals surface area contributed by atoms with Crippen LogP contribution in [0, 0.1) is 0 Å². The third kappa shape index (κ3) is 5.17. The van der Waals surface area contributed by atoms with Gasteiger partial charge in [0.05, 0.1) is 12.0 Å². The van der Waals surface area contributed by atoms with Gasteiger partial charge in [0.25, 0.3) is 5.91 Å². The number of amides is 1. The number of likely N-dealkylation sites (tertiary alicyclic amines) is 1. The van der Waals surface area contributed by atoms with Crippen molar-refractivity contribution in [1.29, 1.82) is 0 Å². The number of carbonyl (C=O) groups excluding carboxylic acids is 2. The van der Waals surface area contributed by atoms with E-state index in [9.17, 15) is 18.0 Å². The first-order valence-electron chi connectivity index (χ1n) is 7.98. The second-order valence-corrected chi connectivity index (χ2v) is 7.34. The maximum absolute atomic E-state index is 12.3. The van der Waals surface area contributed by atoms with Gasteiger partial charge in [0.1, 0.15) is 11.3 Å². The molecular formula is C16H22N2O6S. The Kier molecular flexibility index (Phi) is 6.38. The lowest BCUT2D eigenvalue weighted by molar-refractivity contribution is -0.134. The van der Waals surface area contributed by atoms with Crippen LogP contribution in [-0.2, 0) is 19.6 Å². The van der Waals surface area contributed by atoms with Gasteiger partial charge in [-0.3, -0.25) is 4.79 Å². The summed E-state index contributed by atoms with van der Waals surface area (Å²) in [6, 6.07) is 3.62. The lowest BCUT2D eigenvalue weighted by atomic mass is 10.2. The van der Waals surface area contributed by atoms with Crippen LogP contribution >= 0.6 is 0 Å². The number of benzene rings is 1. The van der Waals surface area contributed by atoms with E-state index in [1.165, 1.54) is 19.2 Å². The molecule has 1 amide bonds. The van der Waals surface area contributed by atoms with Gasteiger partial charge < -0.3 is 14.4 Å². The van der Waals surface area contributed by atoms with Crippen LogP contribution in [0.15, 0.2) is 23.1 Å². The van der Waals surface area contributed by atoms with Gasteiger partial charge in [0, 0.05) is 13.1 Å². The molecule has 1 aromatic carbocycles. The lowest BCUT2D eigenvalue weighted by Crippen LogP contribution is -2.35. The number of hydrogen-bond donors (Lipinski definition) is 1. The second-order valence-electron chi connectivity index (χ2n) is 5.78. The number of carbonyl (C=O) groups is 2. The average molecular weight is 370 g/mol. The Morgan fingerprint density at radius 2 is 1.80 bits per heavy atom. The number of primary sulfonamides is 1. The molecule has 8 nitrogen and oxygen atoms in total. The van der Waals surface area contributed by atoms with E-state index in [0.29, 0.717) is 13.1 Å². The molecule has 0 radical (unpaired) electrons. The molecule has 1 aromatic rings. The van der Waals surface area contributed by atoms with Crippen molar-refractivity contribution in [3.63, 3.8) is 0 Å². The molecule has 1 fully saturated rings. The fourth-order valence-electron chi connectivity index (χ4n) is 2.64. The van der Waals surface area contributed by atoms with Gasteiger partial charge in [-0.25, -0.2) is 18.4 Å². The first-order valence-corrected chi connectivity index (χ1v) is 9.53. The lowest BCUT2D eigenvalue weighted by Gasteiger charge is -2.20. The number of rotatable bonds is 5. The largest absolute Gasteiger partial charge is 0.496 e. The first kappa shape index (κ1) is 19.2. The molecule has 2 N–H and O–H groups in total. The maximum atomic E-state index is 12.3. The van der Waals surface area contributed by atoms with Gasteiger partial charge >= 0.3 is 5.97 Å². The Labute approximate surface area is 146 Å². The van der Waals surface area contributed by atoms with Gasteiger partial charge in [-0.1, -0.05) is 12.8 Å². The van der Waals surface area contributed by atoms with Crippen LogP contribution in [0.4, 0.5) is 0 Å². The van der Waals surface area contributed by atoms with E-state index < -0.39 is 22.6 Å². The summed E-state index contributed by atoms with van der Waals surface area (Å²) < 4.78 is 33.0. The quantitative estimate of drug-likeness (QED) is 0.770. The third-order valence-electron chi connectivity index (χ3n) is 4.00. The molecule has 1 heterocycles. The van der Waals surface area contributed by atoms with Crippen molar-refractivity contribution in [2.75, 3.05) is 26.8 Å². The normalized spacial score (nSPS) is 15.4. The number of nitrogens with zero attached hydrogens (tertiary/aromatic N) is 1. The van der Waals surface area contributed by atoms with Crippen LogP contribution in [0.2, 0.25) is 0 Å². The van der Waals surface area contributed by atoms with E-state index >= 15 is 0 Å². The van der Waals surface area contributed by atoms with Gasteiger partial charge in [0.2, 0.25) is 10.0 Å². The number of ether oxygens (including phenoxy) is 2. The van der Waals surface area contributed by atoms with Crippen LogP contribution < -0.4 is 9.88 Å². The average Bonchev–Trinajstić information content (AvgIpc) is 2.87. The predicted molar refractivity (Wildman–Crippen MR) is 89.7 cm³/mol. The van der Waals surface area contributed by atoms with Gasteiger partial charge in [-0.2, -0.15) is 0 Å². The molecule has 25 heavy (non-hydrogen) atoms. The van der Waals surface area contributed by atoms with E-state index in [0.717, 1.165) is 31.7 Å². The summed E-state index contributed by atoms with van der Waals surface area (Å²) in [7, 11) is -2.64. The summed E-state index contributed by atoms with van der Waals surface area (Å²) in [6.45, 7) is 0.906. The molecule has 1 aliphatic heterocycles. The maximum Gasteiger partial charge on any atom is 0.342 e. The molecule has 0 unspecified atom stereocenters.